The molecule has 2 amide bonds. The number of nitrogens with zero attached hydrogens (tertiary/aromatic N) is 3. The molecule has 0 fully saturated rings. The normalized spacial score (nSPS) is 15.7. The molecule has 1 aliphatic rings. The number of para-hydroxylation sites is 1. The number of amides is 2. The zero-order chi connectivity index (χ0) is 24.4. The molecule has 0 aliphatic carbocycles. The van der Waals surface area contributed by atoms with E-state index in [0.717, 1.165) is 10.6 Å². The van der Waals surface area contributed by atoms with Gasteiger partial charge in [0.2, 0.25) is 0 Å². The van der Waals surface area contributed by atoms with Crippen molar-refractivity contribution in [1.82, 2.24) is 30.4 Å². The van der Waals surface area contributed by atoms with Gasteiger partial charge in [0.1, 0.15) is 5.39 Å². The maximum atomic E-state index is 12.9. The number of ether oxygens (including phenoxy) is 1. The molecule has 3 N–H and O–H groups in total. The minimum Gasteiger partial charge on any atom is -0.463 e. The topological polar surface area (TPSA) is 131 Å². The number of thiophene rings is 1. The van der Waals surface area contributed by atoms with Crippen LogP contribution in [0.3, 0.4) is 0 Å². The lowest BCUT2D eigenvalue weighted by Gasteiger charge is -2.28. The number of esters is 1. The highest BCUT2D eigenvalue weighted by Crippen LogP contribution is 2.32. The summed E-state index contributed by atoms with van der Waals surface area (Å²) < 4.78 is 6.87. The van der Waals surface area contributed by atoms with Gasteiger partial charge in [0.25, 0.3) is 5.56 Å². The first-order chi connectivity index (χ1) is 17.0. The van der Waals surface area contributed by atoms with E-state index in [4.69, 9.17) is 4.74 Å². The van der Waals surface area contributed by atoms with Gasteiger partial charge < -0.3 is 20.4 Å². The monoisotopic (exact) mass is 508 g/mol. The zero-order valence-corrected chi connectivity index (χ0v) is 20.1. The van der Waals surface area contributed by atoms with Gasteiger partial charge in [-0.2, -0.15) is 5.10 Å². The van der Waals surface area contributed by atoms with Crippen molar-refractivity contribution in [2.75, 3.05) is 12.4 Å². The Balaban J connectivity index is 1.50. The molecule has 1 unspecified atom stereocenters. The molecule has 5 rings (SSSR count). The Morgan fingerprint density at radius 3 is 2.77 bits per heavy atom. The fourth-order valence-corrected chi connectivity index (χ4v) is 5.32. The third kappa shape index (κ3) is 4.57. The number of nitrogens with one attached hydrogen (secondary N) is 3. The van der Waals surface area contributed by atoms with Crippen LogP contribution in [-0.4, -0.2) is 44.1 Å². The van der Waals surface area contributed by atoms with Crippen LogP contribution < -0.4 is 16.2 Å². The number of H-pyrrole nitrogens is 1. The average Bonchev–Trinajstić information content (AvgIpc) is 3.54. The largest absolute Gasteiger partial charge is 0.463 e. The average molecular weight is 509 g/mol. The van der Waals surface area contributed by atoms with E-state index < -0.39 is 18.0 Å². The van der Waals surface area contributed by atoms with Crippen LogP contribution in [0.25, 0.3) is 16.7 Å². The Morgan fingerprint density at radius 2 is 2.03 bits per heavy atom. The summed E-state index contributed by atoms with van der Waals surface area (Å²) in [4.78, 5) is 46.1. The number of thioether (sulfide) groups is 1. The van der Waals surface area contributed by atoms with E-state index in [2.05, 4.69) is 25.7 Å². The lowest BCUT2D eigenvalue weighted by Crippen LogP contribution is -2.46. The summed E-state index contributed by atoms with van der Waals surface area (Å²) in [6.45, 7) is 1.92. The second-order valence-electron chi connectivity index (χ2n) is 7.45. The van der Waals surface area contributed by atoms with Crippen LogP contribution in [-0.2, 0) is 9.53 Å². The van der Waals surface area contributed by atoms with E-state index in [9.17, 15) is 14.4 Å². The predicted octanol–water partition coefficient (Wildman–Crippen LogP) is 3.13. The summed E-state index contributed by atoms with van der Waals surface area (Å²) in [5.74, 6) is -0.342. The number of urea groups is 1. The standard InChI is InChI=1S/C23H20N6O4S2/c1-2-33-21(31)17-15(25-22(32)26-18(17)16-9-6-10-34-16)12-35-23-27-19-14(20(30)28-23)11-24-29(19)13-7-4-3-5-8-13/h3-11,18H,2,12H2,1H3,(H2,25,26,32)(H,27,28,30). The molecule has 12 heteroatoms. The number of aromatic nitrogens is 4. The molecule has 35 heavy (non-hydrogen) atoms. The number of rotatable bonds is 7. The third-order valence-corrected chi connectivity index (χ3v) is 7.08. The predicted molar refractivity (Wildman–Crippen MR) is 133 cm³/mol. The minimum atomic E-state index is -0.632. The first-order valence-corrected chi connectivity index (χ1v) is 12.6. The first-order valence-electron chi connectivity index (χ1n) is 10.7. The number of aromatic amines is 1. The van der Waals surface area contributed by atoms with Crippen LogP contribution in [0.1, 0.15) is 17.8 Å². The Kier molecular flexibility index (Phi) is 6.38. The summed E-state index contributed by atoms with van der Waals surface area (Å²) in [7, 11) is 0. The Bertz CT molecular complexity index is 1480. The number of carbonyl (C=O) groups is 2. The highest BCUT2D eigenvalue weighted by Gasteiger charge is 2.34. The maximum absolute atomic E-state index is 12.9. The fourth-order valence-electron chi connectivity index (χ4n) is 3.72. The van der Waals surface area contributed by atoms with Crippen molar-refractivity contribution >= 4 is 46.1 Å². The number of hydrogen-bond donors (Lipinski definition) is 3. The molecule has 0 bridgehead atoms. The van der Waals surface area contributed by atoms with Crippen LogP contribution in [0, 0.1) is 0 Å². The van der Waals surface area contributed by atoms with Crippen LogP contribution >= 0.6 is 23.1 Å². The quantitative estimate of drug-likeness (QED) is 0.199. The molecule has 0 spiro atoms. The van der Waals surface area contributed by atoms with Crippen molar-refractivity contribution in [2.24, 2.45) is 0 Å². The summed E-state index contributed by atoms with van der Waals surface area (Å²) in [5, 5.41) is 12.4. The first kappa shape index (κ1) is 22.9. The number of benzene rings is 1. The molecule has 1 aliphatic heterocycles. The van der Waals surface area contributed by atoms with Crippen molar-refractivity contribution in [3.63, 3.8) is 0 Å². The third-order valence-electron chi connectivity index (χ3n) is 5.25. The highest BCUT2D eigenvalue weighted by atomic mass is 32.2. The molecule has 4 aromatic rings. The number of hydrogen-bond acceptors (Lipinski definition) is 8. The van der Waals surface area contributed by atoms with E-state index >= 15 is 0 Å². The van der Waals surface area contributed by atoms with Crippen molar-refractivity contribution < 1.29 is 14.3 Å². The highest BCUT2D eigenvalue weighted by molar-refractivity contribution is 7.99. The Hall–Kier alpha value is -3.90. The molecule has 10 nitrogen and oxygen atoms in total. The van der Waals surface area contributed by atoms with Gasteiger partial charge in [0.05, 0.1) is 30.1 Å². The summed E-state index contributed by atoms with van der Waals surface area (Å²) >= 11 is 2.62. The maximum Gasteiger partial charge on any atom is 0.338 e. The summed E-state index contributed by atoms with van der Waals surface area (Å²) in [5.41, 5.74) is 1.57. The fraction of sp³-hybridized carbons (Fsp3) is 0.174. The van der Waals surface area contributed by atoms with Gasteiger partial charge in [-0.05, 0) is 30.5 Å². The second-order valence-corrected chi connectivity index (χ2v) is 9.39. The molecular weight excluding hydrogens is 488 g/mol. The summed E-state index contributed by atoms with van der Waals surface area (Å²) in [6, 6.07) is 12.0. The van der Waals surface area contributed by atoms with Gasteiger partial charge in [0.15, 0.2) is 10.8 Å². The second kappa shape index (κ2) is 9.76. The van der Waals surface area contributed by atoms with Crippen LogP contribution in [0.5, 0.6) is 0 Å². The molecule has 1 atom stereocenters. The van der Waals surface area contributed by atoms with Crippen molar-refractivity contribution in [3.8, 4) is 5.69 Å². The smallest absolute Gasteiger partial charge is 0.338 e. The molecule has 178 valence electrons. The molecule has 1 aromatic carbocycles. The van der Waals surface area contributed by atoms with Crippen molar-refractivity contribution in [1.29, 1.82) is 0 Å². The SMILES string of the molecule is CCOC(=O)C1=C(CSc2nc3c(cnn3-c3ccccc3)c(=O)[nH]2)NC(=O)NC1c1cccs1. The lowest BCUT2D eigenvalue weighted by molar-refractivity contribution is -0.139. The lowest BCUT2D eigenvalue weighted by atomic mass is 10.0. The molecule has 4 heterocycles. The Morgan fingerprint density at radius 1 is 1.20 bits per heavy atom. The molecule has 0 radical (unpaired) electrons. The van der Waals surface area contributed by atoms with Crippen LogP contribution in [0.4, 0.5) is 4.79 Å². The number of fused-ring (bicyclic) bond motifs is 1. The summed E-state index contributed by atoms with van der Waals surface area (Å²) in [6.07, 6.45) is 1.47. The van der Waals surface area contributed by atoms with E-state index in [1.807, 2.05) is 47.8 Å². The molecular formula is C23H20N6O4S2. The van der Waals surface area contributed by atoms with Gasteiger partial charge in [-0.3, -0.25) is 4.79 Å². The van der Waals surface area contributed by atoms with Gasteiger partial charge in [0, 0.05) is 16.3 Å². The van der Waals surface area contributed by atoms with Gasteiger partial charge in [-0.15, -0.1) is 11.3 Å². The van der Waals surface area contributed by atoms with Crippen LogP contribution in [0.15, 0.2) is 75.3 Å². The van der Waals surface area contributed by atoms with Crippen LogP contribution in [0.2, 0.25) is 0 Å². The van der Waals surface area contributed by atoms with Crippen molar-refractivity contribution in [3.05, 3.63) is 80.5 Å². The van der Waals surface area contributed by atoms with Gasteiger partial charge in [-0.1, -0.05) is 36.0 Å². The molecule has 0 saturated carbocycles. The number of carbonyl (C=O) groups excluding carboxylic acids is 2. The molecule has 3 aromatic heterocycles. The van der Waals surface area contributed by atoms with E-state index in [1.54, 1.807) is 11.6 Å². The van der Waals surface area contributed by atoms with Gasteiger partial charge >= 0.3 is 12.0 Å². The zero-order valence-electron chi connectivity index (χ0n) is 18.5. The van der Waals surface area contributed by atoms with E-state index in [1.165, 1.54) is 29.3 Å². The minimum absolute atomic E-state index is 0.178. The van der Waals surface area contributed by atoms with E-state index in [-0.39, 0.29) is 17.9 Å². The van der Waals surface area contributed by atoms with Gasteiger partial charge in [-0.25, -0.2) is 19.3 Å². The van der Waals surface area contributed by atoms with Crippen molar-refractivity contribution in [2.45, 2.75) is 18.1 Å². The molecule has 0 saturated heterocycles. The Labute approximate surface area is 207 Å². The van der Waals surface area contributed by atoms with E-state index in [0.29, 0.717) is 27.5 Å².